The number of methoxy groups -OCH3 is 2. The minimum Gasteiger partial charge on any atom is -0.502 e. The maximum absolute atomic E-state index is 12.5. The quantitative estimate of drug-likeness (QED) is 0.360. The molecule has 126 valence electrons. The highest BCUT2D eigenvalue weighted by Crippen LogP contribution is 2.37. The summed E-state index contributed by atoms with van der Waals surface area (Å²) in [5, 5.41) is 12.4. The Bertz CT molecular complexity index is 732. The number of aromatic hydroxyl groups is 1. The molecule has 0 aromatic heterocycles. The third kappa shape index (κ3) is 3.23. The van der Waals surface area contributed by atoms with E-state index in [1.165, 1.54) is 43.4 Å². The topological polar surface area (TPSA) is 88.1 Å². The number of phenols is 1. The van der Waals surface area contributed by atoms with Crippen LogP contribution in [0.2, 0.25) is 0 Å². The first-order valence-electron chi connectivity index (χ1n) is 6.87. The molecule has 7 nitrogen and oxygen atoms in total. The van der Waals surface area contributed by atoms with Gasteiger partial charge in [0, 0.05) is 6.54 Å². The van der Waals surface area contributed by atoms with Crippen LogP contribution in [0.3, 0.4) is 0 Å². The molecule has 1 fully saturated rings. The van der Waals surface area contributed by atoms with Gasteiger partial charge < -0.3 is 14.6 Å². The Kier molecular flexibility index (Phi) is 5.20. The molecule has 1 aliphatic rings. The largest absolute Gasteiger partial charge is 0.502 e. The first-order chi connectivity index (χ1) is 11.4. The molecule has 24 heavy (non-hydrogen) atoms. The van der Waals surface area contributed by atoms with Crippen molar-refractivity contribution in [3.8, 4) is 17.2 Å². The van der Waals surface area contributed by atoms with Crippen LogP contribution in [0.1, 0.15) is 5.56 Å². The Hall–Kier alpha value is -2.87. The van der Waals surface area contributed by atoms with Crippen molar-refractivity contribution in [1.29, 1.82) is 0 Å². The molecule has 2 rings (SSSR count). The molecule has 0 radical (unpaired) electrons. The third-order valence-electron chi connectivity index (χ3n) is 3.31. The van der Waals surface area contributed by atoms with Crippen LogP contribution < -0.4 is 14.8 Å². The number of benzene rings is 1. The molecule has 8 heteroatoms. The molecule has 0 bridgehead atoms. The van der Waals surface area contributed by atoms with Crippen LogP contribution in [-0.2, 0) is 9.59 Å². The van der Waals surface area contributed by atoms with Gasteiger partial charge in [0.05, 0.1) is 14.2 Å². The normalized spacial score (nSPS) is 16.2. The maximum atomic E-state index is 12.5. The number of phenolic OH excluding ortho intramolecular Hbond substituents is 1. The number of hydrogen-bond acceptors (Lipinski definition) is 6. The lowest BCUT2D eigenvalue weighted by Crippen LogP contribution is -2.53. The SMILES string of the molecule is C=CCN1C(=O)/C(=C\c2cc(OC)c(O)c(OC)c2)C(=O)NC1=S. The van der Waals surface area contributed by atoms with E-state index < -0.39 is 11.8 Å². The van der Waals surface area contributed by atoms with Gasteiger partial charge in [0.1, 0.15) is 5.57 Å². The van der Waals surface area contributed by atoms with Gasteiger partial charge in [-0.3, -0.25) is 19.8 Å². The van der Waals surface area contributed by atoms with E-state index in [0.717, 1.165) is 0 Å². The van der Waals surface area contributed by atoms with Gasteiger partial charge in [-0.2, -0.15) is 0 Å². The average Bonchev–Trinajstić information content (AvgIpc) is 2.56. The van der Waals surface area contributed by atoms with E-state index in [1.807, 2.05) is 0 Å². The third-order valence-corrected chi connectivity index (χ3v) is 3.63. The number of rotatable bonds is 5. The number of carbonyl (C=O) groups excluding carboxylic acids is 2. The molecule has 0 unspecified atom stereocenters. The fraction of sp³-hybridized carbons (Fsp3) is 0.188. The van der Waals surface area contributed by atoms with Gasteiger partial charge in [0.15, 0.2) is 16.6 Å². The molecule has 1 heterocycles. The zero-order valence-electron chi connectivity index (χ0n) is 13.2. The van der Waals surface area contributed by atoms with Crippen molar-refractivity contribution < 1.29 is 24.2 Å². The van der Waals surface area contributed by atoms with E-state index in [4.69, 9.17) is 21.7 Å². The second kappa shape index (κ2) is 7.14. The first kappa shape index (κ1) is 17.5. The minimum absolute atomic E-state index is 0.0305. The van der Waals surface area contributed by atoms with Crippen LogP contribution in [0.5, 0.6) is 17.2 Å². The van der Waals surface area contributed by atoms with E-state index in [9.17, 15) is 14.7 Å². The van der Waals surface area contributed by atoms with Gasteiger partial charge in [-0.05, 0) is 36.0 Å². The Morgan fingerprint density at radius 2 is 1.88 bits per heavy atom. The molecule has 2 N–H and O–H groups in total. The molecule has 2 amide bonds. The number of nitrogens with zero attached hydrogens (tertiary/aromatic N) is 1. The molecule has 1 aromatic rings. The van der Waals surface area contributed by atoms with E-state index in [2.05, 4.69) is 11.9 Å². The fourth-order valence-electron chi connectivity index (χ4n) is 2.15. The highest BCUT2D eigenvalue weighted by atomic mass is 32.1. The summed E-state index contributed by atoms with van der Waals surface area (Å²) >= 11 is 4.99. The number of amides is 2. The number of nitrogens with one attached hydrogen (secondary N) is 1. The Labute approximate surface area is 144 Å². The van der Waals surface area contributed by atoms with Crippen molar-refractivity contribution in [2.24, 2.45) is 0 Å². The van der Waals surface area contributed by atoms with Crippen LogP contribution >= 0.6 is 12.2 Å². The smallest absolute Gasteiger partial charge is 0.265 e. The predicted molar refractivity (Wildman–Crippen MR) is 91.8 cm³/mol. The molecule has 1 saturated heterocycles. The summed E-state index contributed by atoms with van der Waals surface area (Å²) in [5.41, 5.74) is 0.353. The fourth-order valence-corrected chi connectivity index (χ4v) is 2.40. The molecule has 0 atom stereocenters. The summed E-state index contributed by atoms with van der Waals surface area (Å²) < 4.78 is 10.1. The van der Waals surface area contributed by atoms with Gasteiger partial charge in [-0.15, -0.1) is 6.58 Å². The summed E-state index contributed by atoms with van der Waals surface area (Å²) in [4.78, 5) is 25.8. The average molecular weight is 348 g/mol. The summed E-state index contributed by atoms with van der Waals surface area (Å²) in [6.45, 7) is 3.74. The van der Waals surface area contributed by atoms with E-state index in [0.29, 0.717) is 5.56 Å². The van der Waals surface area contributed by atoms with Crippen LogP contribution in [0.25, 0.3) is 6.08 Å². The standard InChI is InChI=1S/C16H16N2O5S/c1-4-5-18-15(21)10(14(20)17-16(18)24)6-9-7-11(22-2)13(19)12(8-9)23-3/h4,6-8,19H,1,5H2,2-3H3,(H,17,20,24)/b10-6-. The van der Waals surface area contributed by atoms with Crippen molar-refractivity contribution in [2.75, 3.05) is 20.8 Å². The monoisotopic (exact) mass is 348 g/mol. The minimum atomic E-state index is -0.601. The summed E-state index contributed by atoms with van der Waals surface area (Å²) in [5.74, 6) is -0.992. The molecule has 1 aliphatic heterocycles. The van der Waals surface area contributed by atoms with Crippen molar-refractivity contribution in [2.45, 2.75) is 0 Å². The van der Waals surface area contributed by atoms with Crippen molar-refractivity contribution >= 4 is 35.2 Å². The van der Waals surface area contributed by atoms with Crippen LogP contribution in [-0.4, -0.2) is 47.7 Å². The Balaban J connectivity index is 2.49. The molecule has 0 saturated carbocycles. The van der Waals surface area contributed by atoms with E-state index in [1.54, 1.807) is 0 Å². The Morgan fingerprint density at radius 3 is 2.38 bits per heavy atom. The lowest BCUT2D eigenvalue weighted by atomic mass is 10.1. The molecular formula is C16H16N2O5S. The van der Waals surface area contributed by atoms with Gasteiger partial charge in [-0.25, -0.2) is 0 Å². The highest BCUT2D eigenvalue weighted by molar-refractivity contribution is 7.80. The van der Waals surface area contributed by atoms with Crippen LogP contribution in [0.4, 0.5) is 0 Å². The van der Waals surface area contributed by atoms with Gasteiger partial charge in [0.25, 0.3) is 11.8 Å². The van der Waals surface area contributed by atoms with E-state index >= 15 is 0 Å². The van der Waals surface area contributed by atoms with Crippen molar-refractivity contribution in [3.05, 3.63) is 35.9 Å². The zero-order valence-corrected chi connectivity index (χ0v) is 14.0. The lowest BCUT2D eigenvalue weighted by Gasteiger charge is -2.27. The van der Waals surface area contributed by atoms with Crippen molar-refractivity contribution in [1.82, 2.24) is 10.2 Å². The number of hydrogen-bond donors (Lipinski definition) is 2. The number of ether oxygens (including phenoxy) is 2. The van der Waals surface area contributed by atoms with Crippen LogP contribution in [0, 0.1) is 0 Å². The van der Waals surface area contributed by atoms with Gasteiger partial charge in [-0.1, -0.05) is 6.08 Å². The molecule has 1 aromatic carbocycles. The van der Waals surface area contributed by atoms with Crippen LogP contribution in [0.15, 0.2) is 30.4 Å². The first-order valence-corrected chi connectivity index (χ1v) is 7.28. The maximum Gasteiger partial charge on any atom is 0.265 e. The zero-order chi connectivity index (χ0) is 17.9. The summed E-state index contributed by atoms with van der Waals surface area (Å²) in [7, 11) is 2.77. The Morgan fingerprint density at radius 1 is 1.29 bits per heavy atom. The number of carbonyl (C=O) groups is 2. The van der Waals surface area contributed by atoms with Crippen molar-refractivity contribution in [3.63, 3.8) is 0 Å². The second-order valence-electron chi connectivity index (χ2n) is 4.80. The van der Waals surface area contributed by atoms with E-state index in [-0.39, 0.29) is 34.5 Å². The predicted octanol–water partition coefficient (Wildman–Crippen LogP) is 1.22. The van der Waals surface area contributed by atoms with Gasteiger partial charge in [0.2, 0.25) is 5.75 Å². The second-order valence-corrected chi connectivity index (χ2v) is 5.18. The molecule has 0 aliphatic carbocycles. The summed E-state index contributed by atoms with van der Waals surface area (Å²) in [6.07, 6.45) is 2.88. The highest BCUT2D eigenvalue weighted by Gasteiger charge is 2.32. The molecule has 0 spiro atoms. The lowest BCUT2D eigenvalue weighted by molar-refractivity contribution is -0.128. The number of thiocarbonyl (C=S) groups is 1. The van der Waals surface area contributed by atoms with Gasteiger partial charge >= 0.3 is 0 Å². The summed E-state index contributed by atoms with van der Waals surface area (Å²) in [6, 6.07) is 2.96. The molecular weight excluding hydrogens is 332 g/mol.